The molecule has 2 rings (SSSR count). The van der Waals surface area contributed by atoms with Crippen LogP contribution in [0.25, 0.3) is 0 Å². The molecule has 0 saturated heterocycles. The molecule has 0 aliphatic rings. The minimum absolute atomic E-state index is 0.238. The number of methoxy groups -OCH3 is 1. The van der Waals surface area contributed by atoms with Crippen molar-refractivity contribution < 1.29 is 9.53 Å². The second kappa shape index (κ2) is 6.69. The van der Waals surface area contributed by atoms with Gasteiger partial charge in [0.25, 0.3) is 5.91 Å². The average Bonchev–Trinajstić information content (AvgIpc) is 2.49. The Bertz CT molecular complexity index is 704. The third-order valence-corrected chi connectivity index (χ3v) is 3.71. The number of halogens is 1. The Morgan fingerprint density at radius 3 is 2.62 bits per heavy atom. The second-order valence-electron chi connectivity index (χ2n) is 4.25. The predicted octanol–water partition coefficient (Wildman–Crippen LogP) is 3.34. The summed E-state index contributed by atoms with van der Waals surface area (Å²) in [6.45, 7) is 0. The van der Waals surface area contributed by atoms with E-state index in [9.17, 15) is 4.79 Å². The zero-order valence-electron chi connectivity index (χ0n) is 11.2. The van der Waals surface area contributed by atoms with Gasteiger partial charge < -0.3 is 15.8 Å². The summed E-state index contributed by atoms with van der Waals surface area (Å²) >= 11 is 8.27. The molecule has 0 aliphatic heterocycles. The molecule has 21 heavy (non-hydrogen) atoms. The molecular weight excluding hydrogens is 352 g/mol. The minimum atomic E-state index is -0.238. The van der Waals surface area contributed by atoms with Crippen LogP contribution in [0.5, 0.6) is 5.75 Å². The van der Waals surface area contributed by atoms with E-state index in [0.29, 0.717) is 22.6 Å². The highest BCUT2D eigenvalue weighted by Gasteiger charge is 2.09. The summed E-state index contributed by atoms with van der Waals surface area (Å²) in [5.74, 6) is 0.405. The lowest BCUT2D eigenvalue weighted by molar-refractivity contribution is 0.102. The molecule has 0 spiro atoms. The number of hydrogen-bond donors (Lipinski definition) is 2. The van der Waals surface area contributed by atoms with Crippen LogP contribution in [0.1, 0.15) is 15.9 Å². The molecule has 0 bridgehead atoms. The predicted molar refractivity (Wildman–Crippen MR) is 91.0 cm³/mol. The lowest BCUT2D eigenvalue weighted by atomic mass is 10.1. The van der Waals surface area contributed by atoms with E-state index in [4.69, 9.17) is 22.7 Å². The maximum atomic E-state index is 12.2. The van der Waals surface area contributed by atoms with Crippen LogP contribution in [-0.2, 0) is 0 Å². The Kier molecular flexibility index (Phi) is 4.93. The molecule has 0 unspecified atom stereocenters. The van der Waals surface area contributed by atoms with Crippen LogP contribution in [0.15, 0.2) is 46.9 Å². The maximum absolute atomic E-state index is 12.2. The van der Waals surface area contributed by atoms with E-state index < -0.39 is 0 Å². The number of rotatable bonds is 4. The van der Waals surface area contributed by atoms with Crippen molar-refractivity contribution in [2.45, 2.75) is 0 Å². The number of anilines is 1. The molecule has 1 amide bonds. The van der Waals surface area contributed by atoms with Crippen molar-refractivity contribution in [1.29, 1.82) is 0 Å². The highest BCUT2D eigenvalue weighted by molar-refractivity contribution is 9.10. The highest BCUT2D eigenvalue weighted by atomic mass is 79.9. The summed E-state index contributed by atoms with van der Waals surface area (Å²) in [5.41, 5.74) is 7.35. The van der Waals surface area contributed by atoms with Crippen molar-refractivity contribution in [1.82, 2.24) is 0 Å². The van der Waals surface area contributed by atoms with Crippen LogP contribution >= 0.6 is 28.1 Å². The first-order valence-corrected chi connectivity index (χ1v) is 7.26. The number of thiocarbonyl (C=S) groups is 1. The van der Waals surface area contributed by atoms with Gasteiger partial charge in [-0.15, -0.1) is 0 Å². The topological polar surface area (TPSA) is 64.3 Å². The zero-order chi connectivity index (χ0) is 15.4. The van der Waals surface area contributed by atoms with Crippen LogP contribution in [-0.4, -0.2) is 18.0 Å². The van der Waals surface area contributed by atoms with Gasteiger partial charge in [0.05, 0.1) is 11.6 Å². The van der Waals surface area contributed by atoms with E-state index in [1.807, 2.05) is 0 Å². The summed E-state index contributed by atoms with van der Waals surface area (Å²) in [5, 5.41) is 2.80. The fraction of sp³-hybridized carbons (Fsp3) is 0.0667. The Labute approximate surface area is 136 Å². The maximum Gasteiger partial charge on any atom is 0.255 e. The van der Waals surface area contributed by atoms with Crippen molar-refractivity contribution in [3.63, 3.8) is 0 Å². The summed E-state index contributed by atoms with van der Waals surface area (Å²) in [7, 11) is 1.57. The third-order valence-electron chi connectivity index (χ3n) is 2.82. The Hall–Kier alpha value is -1.92. The van der Waals surface area contributed by atoms with Crippen molar-refractivity contribution in [3.8, 4) is 5.75 Å². The van der Waals surface area contributed by atoms with Crippen molar-refractivity contribution in [2.24, 2.45) is 5.73 Å². The highest BCUT2D eigenvalue weighted by Crippen LogP contribution is 2.28. The monoisotopic (exact) mass is 364 g/mol. The molecule has 0 aliphatic carbocycles. The Morgan fingerprint density at radius 2 is 1.95 bits per heavy atom. The Morgan fingerprint density at radius 1 is 1.24 bits per heavy atom. The van der Waals surface area contributed by atoms with Gasteiger partial charge in [0.15, 0.2) is 0 Å². The molecule has 0 aromatic heterocycles. The SMILES string of the molecule is COc1cc(NC(=O)c2cccc(C(N)=S)c2)ccc1Br. The van der Waals surface area contributed by atoms with Gasteiger partial charge in [0.2, 0.25) is 0 Å². The van der Waals surface area contributed by atoms with Gasteiger partial charge in [-0.25, -0.2) is 0 Å². The van der Waals surface area contributed by atoms with Gasteiger partial charge in [-0.3, -0.25) is 4.79 Å². The molecular formula is C15H13BrN2O2S. The van der Waals surface area contributed by atoms with Crippen molar-refractivity contribution in [2.75, 3.05) is 12.4 Å². The van der Waals surface area contributed by atoms with Crippen LogP contribution in [0.4, 0.5) is 5.69 Å². The van der Waals surface area contributed by atoms with Crippen LogP contribution in [0, 0.1) is 0 Å². The van der Waals surface area contributed by atoms with Gasteiger partial charge >= 0.3 is 0 Å². The zero-order valence-corrected chi connectivity index (χ0v) is 13.6. The van der Waals surface area contributed by atoms with Crippen LogP contribution < -0.4 is 15.8 Å². The number of nitrogens with one attached hydrogen (secondary N) is 1. The fourth-order valence-corrected chi connectivity index (χ4v) is 2.29. The van der Waals surface area contributed by atoms with Gasteiger partial charge in [0, 0.05) is 22.9 Å². The van der Waals surface area contributed by atoms with Crippen molar-refractivity contribution >= 4 is 44.7 Å². The number of ether oxygens (including phenoxy) is 1. The minimum Gasteiger partial charge on any atom is -0.495 e. The first-order chi connectivity index (χ1) is 10.0. The van der Waals surface area contributed by atoms with Gasteiger partial charge in [-0.1, -0.05) is 24.4 Å². The molecule has 0 heterocycles. The number of nitrogens with two attached hydrogens (primary N) is 1. The van der Waals surface area contributed by atoms with E-state index in [1.165, 1.54) is 0 Å². The van der Waals surface area contributed by atoms with E-state index in [-0.39, 0.29) is 10.9 Å². The molecule has 3 N–H and O–H groups in total. The average molecular weight is 365 g/mol. The summed E-state index contributed by atoms with van der Waals surface area (Å²) in [6, 6.07) is 12.2. The summed E-state index contributed by atoms with van der Waals surface area (Å²) < 4.78 is 6.01. The summed E-state index contributed by atoms with van der Waals surface area (Å²) in [6.07, 6.45) is 0. The molecule has 0 radical (unpaired) electrons. The van der Waals surface area contributed by atoms with Gasteiger partial charge in [-0.2, -0.15) is 0 Å². The number of hydrogen-bond acceptors (Lipinski definition) is 3. The lowest BCUT2D eigenvalue weighted by Crippen LogP contribution is -2.14. The van der Waals surface area contributed by atoms with Crippen molar-refractivity contribution in [3.05, 3.63) is 58.1 Å². The first kappa shape index (κ1) is 15.5. The Balaban J connectivity index is 2.22. The molecule has 0 fully saturated rings. The number of carbonyl (C=O) groups excluding carboxylic acids is 1. The first-order valence-electron chi connectivity index (χ1n) is 6.06. The number of amides is 1. The molecule has 0 atom stereocenters. The molecule has 0 saturated carbocycles. The smallest absolute Gasteiger partial charge is 0.255 e. The van der Waals surface area contributed by atoms with E-state index >= 15 is 0 Å². The number of benzene rings is 2. The molecule has 4 nitrogen and oxygen atoms in total. The lowest BCUT2D eigenvalue weighted by Gasteiger charge is -2.09. The van der Waals surface area contributed by atoms with Crippen LogP contribution in [0.3, 0.4) is 0 Å². The largest absolute Gasteiger partial charge is 0.495 e. The van der Waals surface area contributed by atoms with E-state index in [1.54, 1.807) is 49.6 Å². The van der Waals surface area contributed by atoms with Gasteiger partial charge in [-0.05, 0) is 40.2 Å². The molecule has 2 aromatic rings. The van der Waals surface area contributed by atoms with E-state index in [2.05, 4.69) is 21.2 Å². The van der Waals surface area contributed by atoms with Crippen LogP contribution in [0.2, 0.25) is 0 Å². The second-order valence-corrected chi connectivity index (χ2v) is 5.54. The molecule has 2 aromatic carbocycles. The van der Waals surface area contributed by atoms with Gasteiger partial charge in [0.1, 0.15) is 10.7 Å². The quantitative estimate of drug-likeness (QED) is 0.816. The molecule has 108 valence electrons. The van der Waals surface area contributed by atoms with E-state index in [0.717, 1.165) is 4.47 Å². The summed E-state index contributed by atoms with van der Waals surface area (Å²) in [4.78, 5) is 12.5. The normalized spacial score (nSPS) is 10.0. The third kappa shape index (κ3) is 3.80. The standard InChI is InChI=1S/C15H13BrN2O2S/c1-20-13-8-11(5-6-12(13)16)18-15(19)10-4-2-3-9(7-10)14(17)21/h2-8H,1H3,(H2,17,21)(H,18,19). The fourth-order valence-electron chi connectivity index (χ4n) is 1.75. The molecule has 6 heteroatoms. The number of carbonyl (C=O) groups is 1.